The lowest BCUT2D eigenvalue weighted by molar-refractivity contribution is -0.131. The van der Waals surface area contributed by atoms with E-state index in [1.807, 2.05) is 16.7 Å². The van der Waals surface area contributed by atoms with Crippen molar-refractivity contribution >= 4 is 42.5 Å². The highest BCUT2D eigenvalue weighted by molar-refractivity contribution is 7.99. The molecular weight excluding hydrogens is 413 g/mol. The summed E-state index contributed by atoms with van der Waals surface area (Å²) in [5, 5.41) is 7.61. The van der Waals surface area contributed by atoms with Crippen molar-refractivity contribution in [1.29, 1.82) is 0 Å². The highest BCUT2D eigenvalue weighted by Gasteiger charge is 2.37. The second-order valence-electron chi connectivity index (χ2n) is 7.13. The Kier molecular flexibility index (Phi) is 8.05. The zero-order chi connectivity index (χ0) is 17.4. The van der Waals surface area contributed by atoms with Crippen LogP contribution in [0.25, 0.3) is 0 Å². The number of rotatable bonds is 3. The number of hydrogen-bond acceptors (Lipinski definition) is 7. The molecule has 0 bridgehead atoms. The molecule has 4 heterocycles. The number of amides is 1. The number of aromatic nitrogens is 2. The van der Waals surface area contributed by atoms with Crippen molar-refractivity contribution in [3.8, 4) is 0 Å². The van der Waals surface area contributed by atoms with Gasteiger partial charge >= 0.3 is 5.76 Å². The first kappa shape index (κ1) is 22.5. The lowest BCUT2D eigenvalue weighted by Gasteiger charge is -2.34. The maximum atomic E-state index is 12.5. The monoisotopic (exact) mass is 439 g/mol. The van der Waals surface area contributed by atoms with Gasteiger partial charge in [-0.15, -0.1) is 41.7 Å². The molecule has 1 amide bonds. The van der Waals surface area contributed by atoms with E-state index in [1.165, 1.54) is 4.68 Å². The van der Waals surface area contributed by atoms with Gasteiger partial charge in [0.15, 0.2) is 0 Å². The van der Waals surface area contributed by atoms with Crippen molar-refractivity contribution in [2.75, 3.05) is 37.8 Å². The van der Waals surface area contributed by atoms with Crippen LogP contribution in [0.5, 0.6) is 0 Å². The molecular formula is C16H27Cl2N5O3S. The van der Waals surface area contributed by atoms with Gasteiger partial charge in [0.25, 0.3) is 0 Å². The number of hydrogen-bond donors (Lipinski definition) is 1. The largest absolute Gasteiger partial charge is 0.436 e. The van der Waals surface area contributed by atoms with Crippen molar-refractivity contribution in [2.45, 2.75) is 37.3 Å². The van der Waals surface area contributed by atoms with E-state index in [4.69, 9.17) is 4.42 Å². The van der Waals surface area contributed by atoms with E-state index in [0.717, 1.165) is 57.1 Å². The lowest BCUT2D eigenvalue weighted by atomic mass is 9.95. The van der Waals surface area contributed by atoms with E-state index in [2.05, 4.69) is 15.3 Å². The quantitative estimate of drug-likeness (QED) is 0.740. The van der Waals surface area contributed by atoms with E-state index in [1.54, 1.807) is 7.05 Å². The minimum Gasteiger partial charge on any atom is -0.392 e. The number of nitrogens with zero attached hydrogens (tertiary/aromatic N) is 4. The average molecular weight is 440 g/mol. The predicted molar refractivity (Wildman–Crippen MR) is 109 cm³/mol. The van der Waals surface area contributed by atoms with Crippen LogP contribution in [-0.4, -0.2) is 75.4 Å². The molecule has 0 saturated carbocycles. The molecule has 4 rings (SSSR count). The summed E-state index contributed by atoms with van der Waals surface area (Å²) in [4.78, 5) is 28.4. The van der Waals surface area contributed by atoms with Gasteiger partial charge in [0.2, 0.25) is 11.8 Å². The molecule has 0 unspecified atom stereocenters. The number of likely N-dealkylation sites (tertiary alicyclic amines) is 1. The summed E-state index contributed by atoms with van der Waals surface area (Å²) in [5.41, 5.74) is 0. The molecule has 1 aromatic heterocycles. The summed E-state index contributed by atoms with van der Waals surface area (Å²) in [6, 6.07) is 0.385. The molecule has 1 N–H and O–H groups in total. The van der Waals surface area contributed by atoms with Crippen molar-refractivity contribution in [3.05, 3.63) is 16.4 Å². The third-order valence-corrected chi connectivity index (χ3v) is 6.54. The fraction of sp³-hybridized carbons (Fsp3) is 0.812. The van der Waals surface area contributed by atoms with Crippen LogP contribution in [0.2, 0.25) is 0 Å². The normalized spacial score (nSPS) is 26.6. The molecule has 0 aliphatic carbocycles. The van der Waals surface area contributed by atoms with Gasteiger partial charge in [-0.05, 0) is 32.4 Å². The first-order valence-electron chi connectivity index (χ1n) is 9.00. The maximum Gasteiger partial charge on any atom is 0.436 e. The van der Waals surface area contributed by atoms with E-state index >= 15 is 0 Å². The second-order valence-corrected chi connectivity index (χ2v) is 8.20. The third kappa shape index (κ3) is 4.82. The van der Waals surface area contributed by atoms with Gasteiger partial charge in [-0.1, -0.05) is 0 Å². The smallest absolute Gasteiger partial charge is 0.392 e. The molecule has 0 radical (unpaired) electrons. The second kappa shape index (κ2) is 9.65. The molecule has 3 saturated heterocycles. The van der Waals surface area contributed by atoms with Crippen molar-refractivity contribution in [1.82, 2.24) is 24.9 Å². The average Bonchev–Trinajstić information content (AvgIpc) is 3.36. The van der Waals surface area contributed by atoms with Gasteiger partial charge in [0.05, 0.1) is 11.9 Å². The number of aryl methyl sites for hydroxylation is 1. The van der Waals surface area contributed by atoms with Crippen molar-refractivity contribution in [2.24, 2.45) is 7.05 Å². The van der Waals surface area contributed by atoms with Crippen LogP contribution in [0.1, 0.15) is 31.1 Å². The SMILES string of the molecule is Cl.Cl.Cn1nc(C2CCN([C@@H]3CN[C@H](C(=O)N4CCSC4)C3)CC2)oc1=O. The molecule has 1 aromatic rings. The van der Waals surface area contributed by atoms with Gasteiger partial charge in [-0.3, -0.25) is 9.69 Å². The molecule has 3 fully saturated rings. The lowest BCUT2D eigenvalue weighted by Crippen LogP contribution is -2.42. The van der Waals surface area contributed by atoms with Crippen molar-refractivity contribution < 1.29 is 9.21 Å². The molecule has 0 aromatic carbocycles. The van der Waals surface area contributed by atoms with E-state index in [9.17, 15) is 9.59 Å². The van der Waals surface area contributed by atoms with Crippen LogP contribution in [0.3, 0.4) is 0 Å². The minimum absolute atomic E-state index is 0. The summed E-state index contributed by atoms with van der Waals surface area (Å²) >= 11 is 1.83. The highest BCUT2D eigenvalue weighted by Crippen LogP contribution is 2.29. The Bertz CT molecular complexity index is 686. The number of halogens is 2. The maximum absolute atomic E-state index is 12.5. The topological polar surface area (TPSA) is 83.6 Å². The van der Waals surface area contributed by atoms with Crippen LogP contribution in [-0.2, 0) is 11.8 Å². The molecule has 0 spiro atoms. The summed E-state index contributed by atoms with van der Waals surface area (Å²) in [6.45, 7) is 3.67. The number of piperidine rings is 1. The Morgan fingerprint density at radius 1 is 1.26 bits per heavy atom. The Balaban J connectivity index is 0.00000131. The third-order valence-electron chi connectivity index (χ3n) is 5.57. The van der Waals surface area contributed by atoms with Crippen LogP contribution in [0.4, 0.5) is 0 Å². The summed E-state index contributed by atoms with van der Waals surface area (Å²) < 4.78 is 6.49. The Labute approximate surface area is 175 Å². The Morgan fingerprint density at radius 2 is 2.00 bits per heavy atom. The number of carbonyl (C=O) groups excluding carboxylic acids is 1. The van der Waals surface area contributed by atoms with Crippen LogP contribution >= 0.6 is 36.6 Å². The first-order valence-corrected chi connectivity index (χ1v) is 10.2. The highest BCUT2D eigenvalue weighted by atomic mass is 35.5. The zero-order valence-electron chi connectivity index (χ0n) is 15.3. The van der Waals surface area contributed by atoms with Crippen LogP contribution < -0.4 is 11.1 Å². The zero-order valence-corrected chi connectivity index (χ0v) is 17.8. The summed E-state index contributed by atoms with van der Waals surface area (Å²) in [5.74, 6) is 2.55. The van der Waals surface area contributed by atoms with Crippen LogP contribution in [0, 0.1) is 0 Å². The molecule has 27 heavy (non-hydrogen) atoms. The molecule has 11 heteroatoms. The summed E-state index contributed by atoms with van der Waals surface area (Å²) in [7, 11) is 1.62. The van der Waals surface area contributed by atoms with Crippen LogP contribution in [0.15, 0.2) is 9.21 Å². The van der Waals surface area contributed by atoms with E-state index in [-0.39, 0.29) is 48.4 Å². The molecule has 154 valence electrons. The van der Waals surface area contributed by atoms with E-state index < -0.39 is 0 Å². The van der Waals surface area contributed by atoms with Gasteiger partial charge in [-0.2, -0.15) is 4.68 Å². The molecule has 8 nitrogen and oxygen atoms in total. The number of nitrogens with one attached hydrogen (secondary N) is 1. The molecule has 3 aliphatic heterocycles. The predicted octanol–water partition coefficient (Wildman–Crippen LogP) is 0.660. The molecule has 3 aliphatic rings. The number of thioether (sulfide) groups is 1. The van der Waals surface area contributed by atoms with E-state index in [0.29, 0.717) is 11.9 Å². The fourth-order valence-electron chi connectivity index (χ4n) is 4.03. The number of carbonyl (C=O) groups is 1. The van der Waals surface area contributed by atoms with Gasteiger partial charge in [0.1, 0.15) is 0 Å². The van der Waals surface area contributed by atoms with Gasteiger partial charge in [0, 0.05) is 37.8 Å². The Morgan fingerprint density at radius 3 is 2.59 bits per heavy atom. The fourth-order valence-corrected chi connectivity index (χ4v) is 4.99. The minimum atomic E-state index is -0.390. The van der Waals surface area contributed by atoms with Gasteiger partial charge < -0.3 is 14.6 Å². The molecule has 2 atom stereocenters. The summed E-state index contributed by atoms with van der Waals surface area (Å²) in [6.07, 6.45) is 2.78. The van der Waals surface area contributed by atoms with Crippen molar-refractivity contribution in [3.63, 3.8) is 0 Å². The van der Waals surface area contributed by atoms with Gasteiger partial charge in [-0.25, -0.2) is 4.79 Å². The first-order chi connectivity index (χ1) is 12.1. The standard InChI is InChI=1S/C16H25N5O3S.2ClH/c1-19-16(23)24-14(18-19)11-2-4-20(5-3-11)12-8-13(17-9-12)15(22)21-6-7-25-10-21;;/h11-13,17H,2-10H2,1H3;2*1H/t12-,13-;;/m0../s1. The Hall–Kier alpha value is -0.740.